The molecule has 0 bridgehead atoms. The van der Waals surface area contributed by atoms with E-state index in [0.717, 1.165) is 32.4 Å². The van der Waals surface area contributed by atoms with E-state index in [0.29, 0.717) is 5.13 Å². The average Bonchev–Trinajstić information content (AvgIpc) is 3.42. The van der Waals surface area contributed by atoms with Gasteiger partial charge in [0.1, 0.15) is 6.54 Å². The molecule has 0 saturated heterocycles. The third-order valence-corrected chi connectivity index (χ3v) is 7.42. The molecule has 0 saturated carbocycles. The van der Waals surface area contributed by atoms with Crippen LogP contribution in [0, 0.1) is 13.8 Å². The van der Waals surface area contributed by atoms with Gasteiger partial charge in [0.25, 0.3) is 0 Å². The fourth-order valence-corrected chi connectivity index (χ4v) is 5.31. The zero-order valence-corrected chi connectivity index (χ0v) is 19.4. The Morgan fingerprint density at radius 1 is 1.13 bits per heavy atom. The Kier molecular flexibility index (Phi) is 5.73. The van der Waals surface area contributed by atoms with Crippen LogP contribution < -0.4 is 5.32 Å². The number of rotatable bonds is 6. The number of aryl methyl sites for hydroxylation is 2. The highest BCUT2D eigenvalue weighted by atomic mass is 32.2. The largest absolute Gasteiger partial charge is 0.300 e. The van der Waals surface area contributed by atoms with E-state index >= 15 is 0 Å². The minimum absolute atomic E-state index is 0.0367. The summed E-state index contributed by atoms with van der Waals surface area (Å²) in [6, 6.07) is 6.55. The predicted octanol–water partition coefficient (Wildman–Crippen LogP) is 3.79. The molecule has 11 heteroatoms. The van der Waals surface area contributed by atoms with Crippen LogP contribution in [0.2, 0.25) is 0 Å². The number of hydrogen-bond donors (Lipinski definition) is 1. The minimum atomic E-state index is -3.24. The van der Waals surface area contributed by atoms with Crippen molar-refractivity contribution >= 4 is 43.5 Å². The lowest BCUT2D eigenvalue weighted by atomic mass is 10.1. The lowest BCUT2D eigenvalue weighted by molar-refractivity contribution is -0.116. The lowest BCUT2D eigenvalue weighted by Crippen LogP contribution is -2.18. The molecule has 0 aliphatic carbocycles. The van der Waals surface area contributed by atoms with E-state index in [-0.39, 0.29) is 17.3 Å². The number of carbonyl (C=O) groups excluding carboxylic acids is 1. The Balaban J connectivity index is 1.41. The van der Waals surface area contributed by atoms with E-state index in [4.69, 9.17) is 0 Å². The van der Waals surface area contributed by atoms with Gasteiger partial charge in [-0.3, -0.25) is 9.48 Å². The third kappa shape index (κ3) is 4.89. The van der Waals surface area contributed by atoms with Crippen molar-refractivity contribution in [3.8, 4) is 21.7 Å². The van der Waals surface area contributed by atoms with Crippen molar-refractivity contribution in [1.82, 2.24) is 19.7 Å². The number of amides is 1. The van der Waals surface area contributed by atoms with Crippen LogP contribution in [0.1, 0.15) is 10.7 Å². The van der Waals surface area contributed by atoms with Crippen molar-refractivity contribution in [3.63, 3.8) is 0 Å². The van der Waals surface area contributed by atoms with Gasteiger partial charge in [0.15, 0.2) is 15.0 Å². The lowest BCUT2D eigenvalue weighted by Gasteiger charge is -2.02. The first-order chi connectivity index (χ1) is 14.7. The fourth-order valence-electron chi connectivity index (χ4n) is 3.00. The number of nitrogens with one attached hydrogen (secondary N) is 1. The highest BCUT2D eigenvalue weighted by Crippen LogP contribution is 2.32. The van der Waals surface area contributed by atoms with Gasteiger partial charge in [0, 0.05) is 23.4 Å². The molecule has 1 aromatic carbocycles. The second-order valence-electron chi connectivity index (χ2n) is 6.96. The smallest absolute Gasteiger partial charge is 0.247 e. The Morgan fingerprint density at radius 2 is 1.87 bits per heavy atom. The molecule has 3 heterocycles. The zero-order chi connectivity index (χ0) is 22.2. The quantitative estimate of drug-likeness (QED) is 0.457. The summed E-state index contributed by atoms with van der Waals surface area (Å²) >= 11 is 2.94. The molecule has 0 aliphatic rings. The first-order valence-corrected chi connectivity index (χ1v) is 12.8. The van der Waals surface area contributed by atoms with Crippen LogP contribution in [-0.2, 0) is 21.2 Å². The Labute approximate surface area is 187 Å². The van der Waals surface area contributed by atoms with Crippen molar-refractivity contribution in [2.75, 3.05) is 11.6 Å². The molecule has 31 heavy (non-hydrogen) atoms. The molecular weight excluding hydrogens is 454 g/mol. The highest BCUT2D eigenvalue weighted by Gasteiger charge is 2.14. The Hall–Kier alpha value is -2.89. The van der Waals surface area contributed by atoms with Crippen LogP contribution in [0.15, 0.2) is 46.9 Å². The van der Waals surface area contributed by atoms with Crippen molar-refractivity contribution < 1.29 is 13.2 Å². The van der Waals surface area contributed by atoms with Gasteiger partial charge in [-0.25, -0.2) is 18.4 Å². The molecule has 4 rings (SSSR count). The number of thiazole rings is 2. The summed E-state index contributed by atoms with van der Waals surface area (Å²) in [5.41, 5.74) is 3.35. The van der Waals surface area contributed by atoms with Gasteiger partial charge in [-0.2, -0.15) is 5.10 Å². The first kappa shape index (κ1) is 21.3. The van der Waals surface area contributed by atoms with Crippen molar-refractivity contribution in [1.29, 1.82) is 0 Å². The van der Waals surface area contributed by atoms with E-state index < -0.39 is 9.84 Å². The predicted molar refractivity (Wildman–Crippen MR) is 122 cm³/mol. The molecule has 160 valence electrons. The van der Waals surface area contributed by atoms with E-state index in [2.05, 4.69) is 20.4 Å². The number of hydrogen-bond acceptors (Lipinski definition) is 8. The van der Waals surface area contributed by atoms with E-state index in [1.807, 2.05) is 19.2 Å². The van der Waals surface area contributed by atoms with E-state index in [1.54, 1.807) is 48.0 Å². The maximum absolute atomic E-state index is 12.4. The van der Waals surface area contributed by atoms with Crippen LogP contribution in [0.5, 0.6) is 0 Å². The third-order valence-electron chi connectivity index (χ3n) is 4.44. The average molecular weight is 474 g/mol. The number of nitrogens with zero attached hydrogens (tertiary/aromatic N) is 4. The molecule has 0 atom stereocenters. The van der Waals surface area contributed by atoms with Gasteiger partial charge in [0.2, 0.25) is 5.91 Å². The number of anilines is 1. The molecule has 1 amide bonds. The summed E-state index contributed by atoms with van der Waals surface area (Å²) in [5, 5.41) is 10.4. The molecule has 0 unspecified atom stereocenters. The number of carbonyl (C=O) groups is 1. The molecule has 8 nitrogen and oxygen atoms in total. The summed E-state index contributed by atoms with van der Waals surface area (Å²) in [7, 11) is -3.24. The van der Waals surface area contributed by atoms with Gasteiger partial charge in [0.05, 0.1) is 32.4 Å². The number of aromatic nitrogens is 4. The summed E-state index contributed by atoms with van der Waals surface area (Å²) in [5.74, 6) is -0.236. The summed E-state index contributed by atoms with van der Waals surface area (Å²) in [6.45, 7) is 3.93. The molecule has 0 fully saturated rings. The Morgan fingerprint density at radius 3 is 2.52 bits per heavy atom. The number of benzene rings is 1. The summed E-state index contributed by atoms with van der Waals surface area (Å²) < 4.78 is 24.7. The van der Waals surface area contributed by atoms with Gasteiger partial charge in [-0.1, -0.05) is 12.1 Å². The fraction of sp³-hybridized carbons (Fsp3) is 0.200. The first-order valence-electron chi connectivity index (χ1n) is 9.22. The summed E-state index contributed by atoms with van der Waals surface area (Å²) in [6.07, 6.45) is 4.55. The molecule has 0 aliphatic heterocycles. The van der Waals surface area contributed by atoms with Gasteiger partial charge in [-0.05, 0) is 31.5 Å². The van der Waals surface area contributed by atoms with E-state index in [9.17, 15) is 13.2 Å². The maximum Gasteiger partial charge on any atom is 0.247 e. The molecule has 0 spiro atoms. The zero-order valence-electron chi connectivity index (χ0n) is 17.0. The van der Waals surface area contributed by atoms with Gasteiger partial charge >= 0.3 is 0 Å². The van der Waals surface area contributed by atoms with Crippen LogP contribution >= 0.6 is 22.7 Å². The molecule has 0 radical (unpaired) electrons. The van der Waals surface area contributed by atoms with Crippen molar-refractivity contribution in [2.24, 2.45) is 0 Å². The maximum atomic E-state index is 12.4. The topological polar surface area (TPSA) is 107 Å². The molecular formula is C20H19N5O3S3. The van der Waals surface area contributed by atoms with Crippen LogP contribution in [0.25, 0.3) is 21.7 Å². The Bertz CT molecular complexity index is 1350. The van der Waals surface area contributed by atoms with Crippen LogP contribution in [-0.4, -0.2) is 40.3 Å². The van der Waals surface area contributed by atoms with E-state index in [1.165, 1.54) is 22.3 Å². The van der Waals surface area contributed by atoms with Gasteiger partial charge < -0.3 is 5.32 Å². The normalized spacial score (nSPS) is 11.6. The van der Waals surface area contributed by atoms with Crippen LogP contribution in [0.4, 0.5) is 5.13 Å². The van der Waals surface area contributed by atoms with Crippen molar-refractivity contribution in [2.45, 2.75) is 25.3 Å². The number of sulfone groups is 1. The molecule has 1 N–H and O–H groups in total. The highest BCUT2D eigenvalue weighted by molar-refractivity contribution is 7.90. The second kappa shape index (κ2) is 8.33. The minimum Gasteiger partial charge on any atom is -0.300 e. The molecule has 3 aromatic heterocycles. The monoisotopic (exact) mass is 473 g/mol. The standard InChI is InChI=1S/C20H19N5O3S3/c1-12-19(30-13(2)22-12)17-11-29-20(23-17)24-18(26)10-25-9-15(8-21-25)14-4-6-16(7-5-14)31(3,27)28/h4-9,11H,10H2,1-3H3,(H,23,24,26). The molecule has 4 aromatic rings. The SMILES string of the molecule is Cc1nc(C)c(-c2csc(NC(=O)Cn3cc(-c4ccc(S(C)(=O)=O)cc4)cn3)n2)s1. The van der Waals surface area contributed by atoms with Crippen molar-refractivity contribution in [3.05, 3.63) is 52.7 Å². The van der Waals surface area contributed by atoms with Gasteiger partial charge in [-0.15, -0.1) is 22.7 Å². The second-order valence-corrected chi connectivity index (χ2v) is 11.0. The van der Waals surface area contributed by atoms with Crippen LogP contribution in [0.3, 0.4) is 0 Å². The summed E-state index contributed by atoms with van der Waals surface area (Å²) in [4.78, 5) is 22.6.